The fraction of sp³-hybridized carbons (Fsp3) is 0.188. The van der Waals surface area contributed by atoms with Crippen molar-refractivity contribution in [3.05, 3.63) is 63.6 Å². The number of benzene rings is 2. The molecule has 1 atom stereocenters. The summed E-state index contributed by atoms with van der Waals surface area (Å²) in [6, 6.07) is 12.0. The highest BCUT2D eigenvalue weighted by molar-refractivity contribution is 9.10. The van der Waals surface area contributed by atoms with E-state index < -0.39 is 15.2 Å². The van der Waals surface area contributed by atoms with Gasteiger partial charge in [-0.15, -0.1) is 0 Å². The van der Waals surface area contributed by atoms with Crippen LogP contribution in [0.25, 0.3) is 0 Å². The Morgan fingerprint density at radius 3 is 2.68 bits per heavy atom. The number of rotatable bonds is 2. The molecule has 1 N–H and O–H groups in total. The van der Waals surface area contributed by atoms with E-state index in [-0.39, 0.29) is 17.2 Å². The van der Waals surface area contributed by atoms with Gasteiger partial charge in [0.1, 0.15) is 5.37 Å². The fourth-order valence-electron chi connectivity index (χ4n) is 2.65. The number of hydrogen-bond donors (Lipinski definition) is 1. The van der Waals surface area contributed by atoms with Crippen LogP contribution in [0.5, 0.6) is 0 Å². The third-order valence-corrected chi connectivity index (χ3v) is 6.35. The van der Waals surface area contributed by atoms with Crippen LogP contribution in [0.4, 0.5) is 0 Å². The first-order chi connectivity index (χ1) is 10.4. The Labute approximate surface area is 137 Å². The van der Waals surface area contributed by atoms with Gasteiger partial charge in [-0.3, -0.25) is 10.1 Å². The Kier molecular flexibility index (Phi) is 3.92. The smallest absolute Gasteiger partial charge is 0.198 e. The van der Waals surface area contributed by atoms with E-state index in [1.807, 2.05) is 0 Å². The molecule has 0 bridgehead atoms. The van der Waals surface area contributed by atoms with Crippen LogP contribution in [0, 0.1) is 6.92 Å². The highest BCUT2D eigenvalue weighted by atomic mass is 79.9. The van der Waals surface area contributed by atoms with Gasteiger partial charge in [-0.1, -0.05) is 46.3 Å². The van der Waals surface area contributed by atoms with E-state index in [1.54, 1.807) is 49.4 Å². The van der Waals surface area contributed by atoms with E-state index in [0.717, 1.165) is 0 Å². The lowest BCUT2D eigenvalue weighted by atomic mass is 10.0. The Hall–Kier alpha value is -1.50. The molecule has 1 aliphatic rings. The highest BCUT2D eigenvalue weighted by Gasteiger charge is 2.36. The maximum atomic E-state index is 13.0. The summed E-state index contributed by atoms with van der Waals surface area (Å²) in [4.78, 5) is 12.2. The quantitative estimate of drug-likeness (QED) is 0.870. The second-order valence-corrected chi connectivity index (χ2v) is 8.14. The van der Waals surface area contributed by atoms with Gasteiger partial charge >= 0.3 is 0 Å². The number of aryl methyl sites for hydroxylation is 1. The normalized spacial score (nSPS) is 18.1. The zero-order chi connectivity index (χ0) is 15.9. The van der Waals surface area contributed by atoms with Gasteiger partial charge in [0.15, 0.2) is 15.6 Å². The summed E-state index contributed by atoms with van der Waals surface area (Å²) in [6.07, 6.45) is 0. The molecule has 1 unspecified atom stereocenters. The number of carbonyl (C=O) groups is 1. The Bertz CT molecular complexity index is 861. The van der Waals surface area contributed by atoms with Crippen molar-refractivity contribution in [1.82, 2.24) is 5.32 Å². The van der Waals surface area contributed by atoms with Crippen molar-refractivity contribution in [2.24, 2.45) is 0 Å². The number of carbonyl (C=O) groups excluding carboxylic acids is 1. The van der Waals surface area contributed by atoms with Crippen molar-refractivity contribution < 1.29 is 13.2 Å². The molecule has 4 nitrogen and oxygen atoms in total. The van der Waals surface area contributed by atoms with Crippen LogP contribution in [-0.4, -0.2) is 20.7 Å². The minimum absolute atomic E-state index is 0.0218. The summed E-state index contributed by atoms with van der Waals surface area (Å²) in [5.74, 6) is -0.0898. The van der Waals surface area contributed by atoms with Crippen LogP contribution < -0.4 is 5.32 Å². The lowest BCUT2D eigenvalue weighted by Gasteiger charge is -2.26. The van der Waals surface area contributed by atoms with Gasteiger partial charge in [-0.25, -0.2) is 8.42 Å². The molecule has 0 aliphatic carbocycles. The summed E-state index contributed by atoms with van der Waals surface area (Å²) in [5.41, 5.74) is 1.67. The number of ketones is 1. The van der Waals surface area contributed by atoms with Gasteiger partial charge in [0.05, 0.1) is 11.4 Å². The second-order valence-electron chi connectivity index (χ2n) is 5.23. The van der Waals surface area contributed by atoms with E-state index in [9.17, 15) is 13.2 Å². The molecule has 0 amide bonds. The zero-order valence-corrected chi connectivity index (χ0v) is 14.2. The first-order valence-corrected chi connectivity index (χ1v) is 9.11. The standard InChI is InChI=1S/C16H14BrNO3S/c1-10-6-7-11(17)8-15(10)22(20,21)16-13-5-3-2-4-12(13)14(19)9-18-16/h2-8,16,18H,9H2,1H3. The van der Waals surface area contributed by atoms with Crippen LogP contribution in [0.1, 0.15) is 26.9 Å². The molecular weight excluding hydrogens is 366 g/mol. The van der Waals surface area contributed by atoms with Crippen molar-refractivity contribution >= 4 is 31.6 Å². The van der Waals surface area contributed by atoms with Gasteiger partial charge in [0.2, 0.25) is 0 Å². The lowest BCUT2D eigenvalue weighted by Crippen LogP contribution is -2.38. The molecule has 0 spiro atoms. The number of fused-ring (bicyclic) bond motifs is 1. The van der Waals surface area contributed by atoms with Crippen LogP contribution >= 0.6 is 15.9 Å². The van der Waals surface area contributed by atoms with Crippen molar-refractivity contribution in [3.63, 3.8) is 0 Å². The Morgan fingerprint density at radius 1 is 1.18 bits per heavy atom. The monoisotopic (exact) mass is 379 g/mol. The molecule has 0 radical (unpaired) electrons. The molecule has 0 aromatic heterocycles. The zero-order valence-electron chi connectivity index (χ0n) is 11.8. The van der Waals surface area contributed by atoms with Crippen molar-refractivity contribution in [2.75, 3.05) is 6.54 Å². The van der Waals surface area contributed by atoms with E-state index in [1.165, 1.54) is 0 Å². The van der Waals surface area contributed by atoms with Gasteiger partial charge in [0.25, 0.3) is 0 Å². The number of nitrogens with one attached hydrogen (secondary N) is 1. The maximum Gasteiger partial charge on any atom is 0.198 e. The van der Waals surface area contributed by atoms with Crippen LogP contribution in [-0.2, 0) is 9.84 Å². The van der Waals surface area contributed by atoms with E-state index in [0.29, 0.717) is 21.2 Å². The SMILES string of the molecule is Cc1ccc(Br)cc1S(=O)(=O)C1NCC(=O)c2ccccc21. The summed E-state index contributed by atoms with van der Waals surface area (Å²) in [7, 11) is -3.65. The molecular formula is C16H14BrNO3S. The van der Waals surface area contributed by atoms with E-state index in [4.69, 9.17) is 0 Å². The molecule has 1 heterocycles. The van der Waals surface area contributed by atoms with Crippen molar-refractivity contribution in [3.8, 4) is 0 Å². The second kappa shape index (κ2) is 5.61. The predicted octanol–water partition coefficient (Wildman–Crippen LogP) is 3.02. The highest BCUT2D eigenvalue weighted by Crippen LogP contribution is 2.34. The third kappa shape index (κ3) is 2.51. The summed E-state index contributed by atoms with van der Waals surface area (Å²) < 4.78 is 26.8. The molecule has 1 aliphatic heterocycles. The van der Waals surface area contributed by atoms with E-state index in [2.05, 4.69) is 21.2 Å². The molecule has 2 aromatic rings. The first-order valence-electron chi connectivity index (χ1n) is 6.77. The number of Topliss-reactive ketones (excluding diaryl/α,β-unsaturated/α-hetero) is 1. The van der Waals surface area contributed by atoms with Gasteiger partial charge in [-0.05, 0) is 30.2 Å². The fourth-order valence-corrected chi connectivity index (χ4v) is 5.07. The van der Waals surface area contributed by atoms with E-state index >= 15 is 0 Å². The lowest BCUT2D eigenvalue weighted by molar-refractivity contribution is 0.0981. The Morgan fingerprint density at radius 2 is 1.91 bits per heavy atom. The van der Waals surface area contributed by atoms with Gasteiger partial charge < -0.3 is 0 Å². The number of hydrogen-bond acceptors (Lipinski definition) is 4. The minimum atomic E-state index is -3.65. The van der Waals surface area contributed by atoms with Crippen LogP contribution in [0.2, 0.25) is 0 Å². The van der Waals surface area contributed by atoms with Gasteiger partial charge in [-0.2, -0.15) is 0 Å². The topological polar surface area (TPSA) is 63.2 Å². The first kappa shape index (κ1) is 15.4. The molecule has 0 saturated carbocycles. The number of halogens is 1. The predicted molar refractivity (Wildman–Crippen MR) is 87.6 cm³/mol. The number of sulfone groups is 1. The summed E-state index contributed by atoms with van der Waals surface area (Å²) >= 11 is 3.32. The summed E-state index contributed by atoms with van der Waals surface area (Å²) in [5, 5.41) is 1.95. The largest absolute Gasteiger partial charge is 0.293 e. The molecule has 0 fully saturated rings. The summed E-state index contributed by atoms with van der Waals surface area (Å²) in [6.45, 7) is 1.78. The third-order valence-electron chi connectivity index (χ3n) is 3.76. The van der Waals surface area contributed by atoms with Crippen molar-refractivity contribution in [1.29, 1.82) is 0 Å². The van der Waals surface area contributed by atoms with Crippen LogP contribution in [0.3, 0.4) is 0 Å². The average Bonchev–Trinajstić information content (AvgIpc) is 2.50. The molecule has 114 valence electrons. The molecule has 6 heteroatoms. The van der Waals surface area contributed by atoms with Gasteiger partial charge in [0, 0.05) is 10.0 Å². The molecule has 22 heavy (non-hydrogen) atoms. The minimum Gasteiger partial charge on any atom is -0.293 e. The molecule has 2 aromatic carbocycles. The van der Waals surface area contributed by atoms with Crippen LogP contribution in [0.15, 0.2) is 51.8 Å². The Balaban J connectivity index is 2.17. The maximum absolute atomic E-state index is 13.0. The molecule has 3 rings (SSSR count). The average molecular weight is 380 g/mol. The van der Waals surface area contributed by atoms with Crippen molar-refractivity contribution in [2.45, 2.75) is 17.2 Å². The molecule has 0 saturated heterocycles.